The monoisotopic (exact) mass is 428 g/mol. The third-order valence-electron chi connectivity index (χ3n) is 3.99. The van der Waals surface area contributed by atoms with Gasteiger partial charge < -0.3 is 15.4 Å². The summed E-state index contributed by atoms with van der Waals surface area (Å²) < 4.78 is 5.43. The molecule has 0 atom stereocenters. The van der Waals surface area contributed by atoms with E-state index < -0.39 is 5.91 Å². The summed E-state index contributed by atoms with van der Waals surface area (Å²) in [4.78, 5) is 25.0. The Morgan fingerprint density at radius 1 is 0.897 bits per heavy atom. The summed E-state index contributed by atoms with van der Waals surface area (Å²) in [7, 11) is 0. The number of hydrogen-bond acceptors (Lipinski definition) is 3. The Morgan fingerprint density at radius 2 is 1.59 bits per heavy atom. The molecule has 7 heteroatoms. The normalized spacial score (nSPS) is 10.3. The van der Waals surface area contributed by atoms with Crippen LogP contribution in [-0.4, -0.2) is 18.4 Å². The fourth-order valence-corrected chi connectivity index (χ4v) is 3.16. The fourth-order valence-electron chi connectivity index (χ4n) is 2.66. The van der Waals surface area contributed by atoms with E-state index in [1.54, 1.807) is 48.5 Å². The van der Waals surface area contributed by atoms with Gasteiger partial charge >= 0.3 is 0 Å². The van der Waals surface area contributed by atoms with Gasteiger partial charge in [-0.05, 0) is 48.9 Å². The molecule has 148 valence electrons. The predicted octanol–water partition coefficient (Wildman–Crippen LogP) is 5.57. The highest BCUT2D eigenvalue weighted by Crippen LogP contribution is 2.32. The molecule has 0 heterocycles. The van der Waals surface area contributed by atoms with E-state index in [2.05, 4.69) is 10.6 Å². The molecule has 0 aliphatic heterocycles. The second kappa shape index (κ2) is 9.45. The third-order valence-corrected chi connectivity index (χ3v) is 4.58. The van der Waals surface area contributed by atoms with Crippen molar-refractivity contribution in [1.82, 2.24) is 0 Å². The quantitative estimate of drug-likeness (QED) is 0.538. The van der Waals surface area contributed by atoms with Crippen LogP contribution in [0.4, 0.5) is 11.4 Å². The molecule has 0 aliphatic rings. The van der Waals surface area contributed by atoms with Crippen molar-refractivity contribution < 1.29 is 14.3 Å². The zero-order valence-corrected chi connectivity index (χ0v) is 17.1. The maximum Gasteiger partial charge on any atom is 0.262 e. The van der Waals surface area contributed by atoms with Gasteiger partial charge in [-0.3, -0.25) is 9.59 Å². The average Bonchev–Trinajstić information content (AvgIpc) is 2.68. The first kappa shape index (κ1) is 20.7. The number of hydrogen-bond donors (Lipinski definition) is 2. The molecule has 0 radical (unpaired) electrons. The van der Waals surface area contributed by atoms with Crippen molar-refractivity contribution in [3.8, 4) is 5.75 Å². The number of rotatable bonds is 6. The summed E-state index contributed by atoms with van der Waals surface area (Å²) in [6, 6.07) is 19.1. The van der Waals surface area contributed by atoms with E-state index in [1.807, 2.05) is 25.1 Å². The number of nitrogens with one attached hydrogen (secondary N) is 2. The Labute approximate surface area is 178 Å². The minimum atomic E-state index is -0.447. The number of benzene rings is 3. The lowest BCUT2D eigenvalue weighted by Crippen LogP contribution is -2.23. The van der Waals surface area contributed by atoms with E-state index >= 15 is 0 Å². The molecule has 0 spiro atoms. The molecule has 0 saturated heterocycles. The molecule has 0 aliphatic carbocycles. The second-order valence-electron chi connectivity index (χ2n) is 6.26. The van der Waals surface area contributed by atoms with E-state index in [9.17, 15) is 9.59 Å². The Kier molecular flexibility index (Phi) is 6.75. The van der Waals surface area contributed by atoms with E-state index in [0.29, 0.717) is 27.0 Å². The summed E-state index contributed by atoms with van der Waals surface area (Å²) in [5.41, 5.74) is 2.40. The molecule has 2 N–H and O–H groups in total. The van der Waals surface area contributed by atoms with Gasteiger partial charge in [0.15, 0.2) is 12.4 Å². The highest BCUT2D eigenvalue weighted by Gasteiger charge is 2.15. The van der Waals surface area contributed by atoms with Crippen LogP contribution >= 0.6 is 23.2 Å². The van der Waals surface area contributed by atoms with Crippen LogP contribution in [0.3, 0.4) is 0 Å². The number of aryl methyl sites for hydroxylation is 1. The van der Waals surface area contributed by atoms with E-state index in [4.69, 9.17) is 27.9 Å². The lowest BCUT2D eigenvalue weighted by atomic mass is 10.1. The van der Waals surface area contributed by atoms with Crippen LogP contribution in [0.25, 0.3) is 0 Å². The molecule has 0 saturated carbocycles. The molecular formula is C22H18Cl2N2O3. The number of carbonyl (C=O) groups excluding carboxylic acids is 2. The van der Waals surface area contributed by atoms with Crippen LogP contribution < -0.4 is 15.4 Å². The summed E-state index contributed by atoms with van der Waals surface area (Å²) in [5, 5.41) is 6.13. The van der Waals surface area contributed by atoms with Crippen molar-refractivity contribution in [2.75, 3.05) is 17.2 Å². The Bertz CT molecular complexity index is 1030. The smallest absolute Gasteiger partial charge is 0.262 e. The van der Waals surface area contributed by atoms with Crippen LogP contribution in [0.15, 0.2) is 66.7 Å². The van der Waals surface area contributed by atoms with E-state index in [1.165, 1.54) is 0 Å². The van der Waals surface area contributed by atoms with Crippen LogP contribution in [0.1, 0.15) is 15.9 Å². The number of para-hydroxylation sites is 2. The van der Waals surface area contributed by atoms with Crippen LogP contribution in [-0.2, 0) is 4.79 Å². The SMILES string of the molecule is Cc1cccc(NC(=O)c2ccccc2NC(=O)COc2c(Cl)cccc2Cl)c1. The average molecular weight is 429 g/mol. The van der Waals surface area contributed by atoms with Gasteiger partial charge in [-0.25, -0.2) is 0 Å². The van der Waals surface area contributed by atoms with Gasteiger partial charge in [0.1, 0.15) is 0 Å². The van der Waals surface area contributed by atoms with Crippen LogP contribution in [0.2, 0.25) is 10.0 Å². The predicted molar refractivity (Wildman–Crippen MR) is 116 cm³/mol. The molecule has 3 rings (SSSR count). The molecule has 3 aromatic rings. The summed E-state index contributed by atoms with van der Waals surface area (Å²) in [5.74, 6) is -0.546. The largest absolute Gasteiger partial charge is 0.481 e. The number of halogens is 2. The van der Waals surface area contributed by atoms with Gasteiger partial charge in [0.05, 0.1) is 21.3 Å². The molecule has 0 fully saturated rings. The van der Waals surface area contributed by atoms with Crippen molar-refractivity contribution in [2.24, 2.45) is 0 Å². The van der Waals surface area contributed by atoms with Crippen molar-refractivity contribution in [1.29, 1.82) is 0 Å². The molecule has 2 amide bonds. The first-order valence-corrected chi connectivity index (χ1v) is 9.53. The van der Waals surface area contributed by atoms with Gasteiger partial charge in [0.25, 0.3) is 11.8 Å². The molecule has 5 nitrogen and oxygen atoms in total. The maximum atomic E-state index is 12.7. The molecule has 29 heavy (non-hydrogen) atoms. The maximum absolute atomic E-state index is 12.7. The standard InChI is InChI=1S/C22H18Cl2N2O3/c1-14-6-4-7-15(12-14)25-22(28)16-8-2-3-11-19(16)26-20(27)13-29-21-17(23)9-5-10-18(21)24/h2-12H,13H2,1H3,(H,25,28)(H,26,27). The zero-order chi connectivity index (χ0) is 20.8. The topological polar surface area (TPSA) is 67.4 Å². The molecule has 0 aromatic heterocycles. The second-order valence-corrected chi connectivity index (χ2v) is 7.07. The third kappa shape index (κ3) is 5.50. The van der Waals surface area contributed by atoms with Gasteiger partial charge in [0, 0.05) is 5.69 Å². The Balaban J connectivity index is 1.68. The Morgan fingerprint density at radius 3 is 2.31 bits per heavy atom. The van der Waals surface area contributed by atoms with Crippen molar-refractivity contribution >= 4 is 46.4 Å². The minimum Gasteiger partial charge on any atom is -0.481 e. The first-order valence-electron chi connectivity index (χ1n) is 8.78. The van der Waals surface area contributed by atoms with E-state index in [-0.39, 0.29) is 18.3 Å². The first-order chi connectivity index (χ1) is 13.9. The summed E-state index contributed by atoms with van der Waals surface area (Å²) in [6.45, 7) is 1.63. The van der Waals surface area contributed by atoms with E-state index in [0.717, 1.165) is 5.56 Å². The molecule has 3 aromatic carbocycles. The zero-order valence-electron chi connectivity index (χ0n) is 15.5. The van der Waals surface area contributed by atoms with Crippen LogP contribution in [0, 0.1) is 6.92 Å². The van der Waals surface area contributed by atoms with Crippen molar-refractivity contribution in [2.45, 2.75) is 6.92 Å². The Hall–Kier alpha value is -3.02. The van der Waals surface area contributed by atoms with Gasteiger partial charge in [-0.15, -0.1) is 0 Å². The number of ether oxygens (including phenoxy) is 1. The lowest BCUT2D eigenvalue weighted by Gasteiger charge is -2.13. The number of carbonyl (C=O) groups is 2. The highest BCUT2D eigenvalue weighted by molar-refractivity contribution is 6.37. The van der Waals surface area contributed by atoms with Gasteiger partial charge in [-0.1, -0.05) is 53.5 Å². The number of amides is 2. The van der Waals surface area contributed by atoms with Gasteiger partial charge in [0.2, 0.25) is 0 Å². The van der Waals surface area contributed by atoms with Crippen LogP contribution in [0.5, 0.6) is 5.75 Å². The van der Waals surface area contributed by atoms with Gasteiger partial charge in [-0.2, -0.15) is 0 Å². The molecule has 0 bridgehead atoms. The summed E-state index contributed by atoms with van der Waals surface area (Å²) >= 11 is 12.1. The minimum absolute atomic E-state index is 0.233. The number of anilines is 2. The summed E-state index contributed by atoms with van der Waals surface area (Å²) in [6.07, 6.45) is 0. The lowest BCUT2D eigenvalue weighted by molar-refractivity contribution is -0.118. The van der Waals surface area contributed by atoms with Crippen molar-refractivity contribution in [3.05, 3.63) is 87.9 Å². The molecule has 0 unspecified atom stereocenters. The van der Waals surface area contributed by atoms with Crippen molar-refractivity contribution in [3.63, 3.8) is 0 Å². The highest BCUT2D eigenvalue weighted by atomic mass is 35.5. The fraction of sp³-hybridized carbons (Fsp3) is 0.0909. The molecular weight excluding hydrogens is 411 g/mol.